The third-order valence-corrected chi connectivity index (χ3v) is 3.86. The maximum Gasteiger partial charge on any atom is 0.238 e. The number of nitrogens with two attached hydrogens (primary N) is 1. The Bertz CT molecular complexity index is 499. The maximum absolute atomic E-state index is 12.7. The van der Waals surface area contributed by atoms with Gasteiger partial charge in [-0.05, 0) is 31.2 Å². The van der Waals surface area contributed by atoms with Gasteiger partial charge in [0.2, 0.25) is 15.9 Å². The second-order valence-corrected chi connectivity index (χ2v) is 5.53. The smallest absolute Gasteiger partial charge is 0.238 e. The third kappa shape index (κ3) is 3.42. The van der Waals surface area contributed by atoms with Crippen LogP contribution in [0, 0.1) is 5.82 Å². The number of rotatable bonds is 5. The van der Waals surface area contributed by atoms with Crippen molar-refractivity contribution in [2.45, 2.75) is 6.92 Å². The number of benzene rings is 1. The molecule has 1 aromatic carbocycles. The molecule has 0 bridgehead atoms. The first-order valence-electron chi connectivity index (χ1n) is 4.91. The summed E-state index contributed by atoms with van der Waals surface area (Å²) in [5.74, 6) is -1.43. The molecule has 0 aliphatic heterocycles. The number of primary amides is 1. The molecular formula is C10H13FN2O3S. The molecule has 0 aliphatic carbocycles. The normalized spacial score (nSPS) is 11.2. The second kappa shape index (κ2) is 5.13. The van der Waals surface area contributed by atoms with E-state index in [4.69, 9.17) is 5.73 Å². The summed E-state index contributed by atoms with van der Waals surface area (Å²) in [6, 6.07) is 4.81. The van der Waals surface area contributed by atoms with E-state index >= 15 is 0 Å². The van der Waals surface area contributed by atoms with Crippen molar-refractivity contribution in [3.63, 3.8) is 0 Å². The molecule has 1 amide bonds. The van der Waals surface area contributed by atoms with Crippen LogP contribution in [0.1, 0.15) is 6.92 Å². The van der Waals surface area contributed by atoms with Gasteiger partial charge in [0.25, 0.3) is 0 Å². The number of carbonyl (C=O) groups is 1. The predicted octanol–water partition coefficient (Wildman–Crippen LogP) is 0.467. The Kier molecular flexibility index (Phi) is 4.06. The number of sulfonamides is 1. The Balaban J connectivity index is 3.15. The SMILES string of the molecule is CCS(=O)(=O)N(CC(N)=O)c1ccc(F)cc1. The molecule has 0 unspecified atom stereocenters. The lowest BCUT2D eigenvalue weighted by atomic mass is 10.3. The number of hydrogen-bond acceptors (Lipinski definition) is 3. The molecule has 1 rings (SSSR count). The highest BCUT2D eigenvalue weighted by Gasteiger charge is 2.22. The van der Waals surface area contributed by atoms with Crippen LogP contribution in [0.15, 0.2) is 24.3 Å². The minimum Gasteiger partial charge on any atom is -0.368 e. The first kappa shape index (κ1) is 13.4. The topological polar surface area (TPSA) is 80.5 Å². The van der Waals surface area contributed by atoms with Crippen molar-refractivity contribution in [1.29, 1.82) is 0 Å². The molecule has 0 fully saturated rings. The zero-order valence-electron chi connectivity index (χ0n) is 9.26. The lowest BCUT2D eigenvalue weighted by molar-refractivity contribution is -0.116. The van der Waals surface area contributed by atoms with Crippen LogP contribution in [0.4, 0.5) is 10.1 Å². The van der Waals surface area contributed by atoms with Gasteiger partial charge in [0, 0.05) is 0 Å². The van der Waals surface area contributed by atoms with E-state index in [1.54, 1.807) is 0 Å². The van der Waals surface area contributed by atoms with E-state index in [0.29, 0.717) is 0 Å². The fourth-order valence-corrected chi connectivity index (χ4v) is 2.33. The highest BCUT2D eigenvalue weighted by molar-refractivity contribution is 7.92. The van der Waals surface area contributed by atoms with E-state index in [0.717, 1.165) is 16.4 Å². The maximum atomic E-state index is 12.7. The molecule has 0 saturated heterocycles. The van der Waals surface area contributed by atoms with Crippen molar-refractivity contribution in [3.05, 3.63) is 30.1 Å². The minimum atomic E-state index is -3.61. The van der Waals surface area contributed by atoms with Gasteiger partial charge < -0.3 is 5.73 Å². The van der Waals surface area contributed by atoms with Crippen LogP contribution in [0.3, 0.4) is 0 Å². The molecule has 17 heavy (non-hydrogen) atoms. The van der Waals surface area contributed by atoms with Crippen molar-refractivity contribution in [1.82, 2.24) is 0 Å². The molecule has 5 nitrogen and oxygen atoms in total. The monoisotopic (exact) mass is 260 g/mol. The van der Waals surface area contributed by atoms with Crippen molar-refractivity contribution in [3.8, 4) is 0 Å². The third-order valence-electron chi connectivity index (χ3n) is 2.11. The van der Waals surface area contributed by atoms with Crippen molar-refractivity contribution in [2.75, 3.05) is 16.6 Å². The molecule has 0 spiro atoms. The van der Waals surface area contributed by atoms with Gasteiger partial charge in [-0.2, -0.15) is 0 Å². The molecule has 0 aromatic heterocycles. The van der Waals surface area contributed by atoms with Crippen LogP contribution < -0.4 is 10.0 Å². The number of hydrogen-bond donors (Lipinski definition) is 1. The number of carbonyl (C=O) groups excluding carboxylic acids is 1. The fourth-order valence-electron chi connectivity index (χ4n) is 1.25. The van der Waals surface area contributed by atoms with Crippen LogP contribution in [-0.2, 0) is 14.8 Å². The minimum absolute atomic E-state index is 0.169. The van der Waals surface area contributed by atoms with E-state index in [2.05, 4.69) is 0 Å². The molecule has 94 valence electrons. The summed E-state index contributed by atoms with van der Waals surface area (Å²) in [7, 11) is -3.61. The van der Waals surface area contributed by atoms with E-state index < -0.39 is 28.3 Å². The van der Waals surface area contributed by atoms with Crippen LogP contribution >= 0.6 is 0 Å². The first-order chi connectivity index (χ1) is 7.86. The number of halogens is 1. The van der Waals surface area contributed by atoms with Crippen LogP contribution in [-0.4, -0.2) is 26.6 Å². The summed E-state index contributed by atoms with van der Waals surface area (Å²) in [4.78, 5) is 10.9. The zero-order valence-corrected chi connectivity index (χ0v) is 10.1. The van der Waals surface area contributed by atoms with E-state index in [1.807, 2.05) is 0 Å². The van der Waals surface area contributed by atoms with Gasteiger partial charge >= 0.3 is 0 Å². The molecule has 0 aliphatic rings. The molecule has 7 heteroatoms. The Morgan fingerprint density at radius 2 is 1.88 bits per heavy atom. The Morgan fingerprint density at radius 1 is 1.35 bits per heavy atom. The Labute approximate surface area is 99.1 Å². The fraction of sp³-hybridized carbons (Fsp3) is 0.300. The van der Waals surface area contributed by atoms with Crippen LogP contribution in [0.2, 0.25) is 0 Å². The molecule has 1 aromatic rings. The van der Waals surface area contributed by atoms with Gasteiger partial charge in [0.05, 0.1) is 11.4 Å². The van der Waals surface area contributed by atoms with Gasteiger partial charge in [-0.25, -0.2) is 12.8 Å². The highest BCUT2D eigenvalue weighted by atomic mass is 32.2. The van der Waals surface area contributed by atoms with Gasteiger partial charge in [0.15, 0.2) is 0 Å². The second-order valence-electron chi connectivity index (χ2n) is 3.35. The van der Waals surface area contributed by atoms with Crippen molar-refractivity contribution in [2.24, 2.45) is 5.73 Å². The van der Waals surface area contributed by atoms with Gasteiger partial charge in [-0.1, -0.05) is 0 Å². The molecule has 0 heterocycles. The summed E-state index contributed by atoms with van der Waals surface area (Å²) in [6.45, 7) is 0.995. The van der Waals surface area contributed by atoms with Crippen LogP contribution in [0.5, 0.6) is 0 Å². The number of anilines is 1. The molecular weight excluding hydrogens is 247 g/mol. The quantitative estimate of drug-likeness (QED) is 0.835. The molecule has 0 radical (unpaired) electrons. The predicted molar refractivity (Wildman–Crippen MR) is 62.4 cm³/mol. The van der Waals surface area contributed by atoms with Crippen LogP contribution in [0.25, 0.3) is 0 Å². The standard InChI is InChI=1S/C10H13FN2O3S/c1-2-17(15,16)13(7-10(12)14)9-5-3-8(11)4-6-9/h3-6H,2,7H2,1H3,(H2,12,14). The lowest BCUT2D eigenvalue weighted by Gasteiger charge is -2.22. The molecule has 2 N–H and O–H groups in total. The molecule has 0 saturated carbocycles. The van der Waals surface area contributed by atoms with Crippen molar-refractivity contribution >= 4 is 21.6 Å². The summed E-state index contributed by atoms with van der Waals surface area (Å²) >= 11 is 0. The average molecular weight is 260 g/mol. The Morgan fingerprint density at radius 3 is 2.29 bits per heavy atom. The zero-order chi connectivity index (χ0) is 13.1. The van der Waals surface area contributed by atoms with E-state index in [1.165, 1.54) is 19.1 Å². The van der Waals surface area contributed by atoms with Crippen molar-refractivity contribution < 1.29 is 17.6 Å². The summed E-state index contributed by atoms with van der Waals surface area (Å²) in [5.41, 5.74) is 5.21. The largest absolute Gasteiger partial charge is 0.368 e. The summed E-state index contributed by atoms with van der Waals surface area (Å²) in [5, 5.41) is 0. The van der Waals surface area contributed by atoms with Gasteiger partial charge in [-0.3, -0.25) is 9.10 Å². The number of nitrogens with zero attached hydrogens (tertiary/aromatic N) is 1. The summed E-state index contributed by atoms with van der Waals surface area (Å²) in [6.07, 6.45) is 0. The van der Waals surface area contributed by atoms with E-state index in [-0.39, 0.29) is 11.4 Å². The molecule has 0 atom stereocenters. The van der Waals surface area contributed by atoms with Gasteiger partial charge in [0.1, 0.15) is 12.4 Å². The first-order valence-corrected chi connectivity index (χ1v) is 6.52. The Hall–Kier alpha value is -1.63. The lowest BCUT2D eigenvalue weighted by Crippen LogP contribution is -2.39. The van der Waals surface area contributed by atoms with Gasteiger partial charge in [-0.15, -0.1) is 0 Å². The highest BCUT2D eigenvalue weighted by Crippen LogP contribution is 2.18. The van der Waals surface area contributed by atoms with E-state index in [9.17, 15) is 17.6 Å². The number of amides is 1. The summed E-state index contributed by atoms with van der Waals surface area (Å²) < 4.78 is 37.1. The average Bonchev–Trinajstić information content (AvgIpc) is 2.27.